The molecule has 1 N–H and O–H groups in total. The van der Waals surface area contributed by atoms with E-state index in [2.05, 4.69) is 0 Å². The molecule has 3 heteroatoms. The standard InChI is InChI=1S/C12H16Cl2O/c1-8(2)12(15)6-3-9-7-10(13)4-5-11(9)14/h4-5,7-8,12,15H,3,6H2,1-2H3. The Morgan fingerprint density at radius 2 is 1.93 bits per heavy atom. The molecule has 15 heavy (non-hydrogen) atoms. The smallest absolute Gasteiger partial charge is 0.0566 e. The van der Waals surface area contributed by atoms with E-state index in [1.54, 1.807) is 12.1 Å². The summed E-state index contributed by atoms with van der Waals surface area (Å²) < 4.78 is 0. The summed E-state index contributed by atoms with van der Waals surface area (Å²) in [6, 6.07) is 5.42. The topological polar surface area (TPSA) is 20.2 Å². The predicted octanol–water partition coefficient (Wildman–Crippen LogP) is 3.94. The average Bonchev–Trinajstić information content (AvgIpc) is 2.18. The van der Waals surface area contributed by atoms with Crippen molar-refractivity contribution in [2.75, 3.05) is 0 Å². The molecule has 1 aromatic rings. The second kappa shape index (κ2) is 5.74. The molecule has 1 nitrogen and oxygen atoms in total. The maximum absolute atomic E-state index is 9.67. The first-order chi connectivity index (χ1) is 7.00. The van der Waals surface area contributed by atoms with Gasteiger partial charge < -0.3 is 5.11 Å². The molecule has 0 aromatic heterocycles. The molecule has 0 saturated carbocycles. The summed E-state index contributed by atoms with van der Waals surface area (Å²) in [5, 5.41) is 11.1. The first kappa shape index (κ1) is 12.8. The molecule has 1 aromatic carbocycles. The van der Waals surface area contributed by atoms with Crippen molar-refractivity contribution < 1.29 is 5.11 Å². The van der Waals surface area contributed by atoms with Crippen molar-refractivity contribution in [3.63, 3.8) is 0 Å². The van der Waals surface area contributed by atoms with Crippen LogP contribution < -0.4 is 0 Å². The molecule has 1 atom stereocenters. The van der Waals surface area contributed by atoms with E-state index in [1.165, 1.54) is 0 Å². The van der Waals surface area contributed by atoms with E-state index in [0.29, 0.717) is 5.02 Å². The maximum atomic E-state index is 9.67. The maximum Gasteiger partial charge on any atom is 0.0566 e. The van der Waals surface area contributed by atoms with Gasteiger partial charge in [0, 0.05) is 10.0 Å². The van der Waals surface area contributed by atoms with E-state index in [9.17, 15) is 5.11 Å². The molecular weight excluding hydrogens is 231 g/mol. The molecule has 0 radical (unpaired) electrons. The minimum absolute atomic E-state index is 0.278. The van der Waals surface area contributed by atoms with Crippen LogP contribution in [0.5, 0.6) is 0 Å². The fourth-order valence-electron chi connectivity index (χ4n) is 1.37. The lowest BCUT2D eigenvalue weighted by Gasteiger charge is -2.14. The Hall–Kier alpha value is -0.240. The lowest BCUT2D eigenvalue weighted by atomic mass is 9.99. The number of rotatable bonds is 4. The molecule has 1 rings (SSSR count). The summed E-state index contributed by atoms with van der Waals surface area (Å²) in [6.45, 7) is 4.01. The SMILES string of the molecule is CC(C)C(O)CCc1cc(Cl)ccc1Cl. The minimum atomic E-state index is -0.278. The van der Waals surface area contributed by atoms with Crippen LogP contribution in [0.3, 0.4) is 0 Å². The molecule has 0 spiro atoms. The highest BCUT2D eigenvalue weighted by Crippen LogP contribution is 2.23. The van der Waals surface area contributed by atoms with Crippen LogP contribution in [0.4, 0.5) is 0 Å². The fourth-order valence-corrected chi connectivity index (χ4v) is 1.78. The minimum Gasteiger partial charge on any atom is -0.393 e. The Bertz CT molecular complexity index is 323. The number of aliphatic hydroxyl groups is 1. The third-order valence-corrected chi connectivity index (χ3v) is 3.09. The van der Waals surface area contributed by atoms with Gasteiger partial charge in [0.1, 0.15) is 0 Å². The van der Waals surface area contributed by atoms with E-state index in [0.717, 1.165) is 23.4 Å². The van der Waals surface area contributed by atoms with Crippen LogP contribution in [-0.2, 0) is 6.42 Å². The lowest BCUT2D eigenvalue weighted by molar-refractivity contribution is 0.116. The Morgan fingerprint density at radius 3 is 2.53 bits per heavy atom. The highest BCUT2D eigenvalue weighted by Gasteiger charge is 2.10. The van der Waals surface area contributed by atoms with Gasteiger partial charge in [0.05, 0.1) is 6.10 Å². The Labute approximate surface area is 101 Å². The molecule has 0 saturated heterocycles. The van der Waals surface area contributed by atoms with Crippen molar-refractivity contribution in [2.24, 2.45) is 5.92 Å². The highest BCUT2D eigenvalue weighted by atomic mass is 35.5. The molecular formula is C12H16Cl2O. The van der Waals surface area contributed by atoms with E-state index >= 15 is 0 Å². The van der Waals surface area contributed by atoms with Crippen LogP contribution in [0.1, 0.15) is 25.8 Å². The van der Waals surface area contributed by atoms with Crippen molar-refractivity contribution in [3.8, 4) is 0 Å². The molecule has 0 fully saturated rings. The summed E-state index contributed by atoms with van der Waals surface area (Å²) >= 11 is 11.9. The van der Waals surface area contributed by atoms with Crippen molar-refractivity contribution in [3.05, 3.63) is 33.8 Å². The molecule has 0 bridgehead atoms. The summed E-state index contributed by atoms with van der Waals surface area (Å²) in [6.07, 6.45) is 1.20. The molecule has 0 amide bonds. The van der Waals surface area contributed by atoms with Gasteiger partial charge >= 0.3 is 0 Å². The third kappa shape index (κ3) is 4.02. The second-order valence-corrected chi connectivity index (χ2v) is 4.93. The number of benzene rings is 1. The van der Waals surface area contributed by atoms with E-state index in [-0.39, 0.29) is 12.0 Å². The van der Waals surface area contributed by atoms with Crippen molar-refractivity contribution in [1.29, 1.82) is 0 Å². The Balaban J connectivity index is 2.61. The van der Waals surface area contributed by atoms with Gasteiger partial charge in [-0.3, -0.25) is 0 Å². The van der Waals surface area contributed by atoms with Gasteiger partial charge in [-0.15, -0.1) is 0 Å². The zero-order chi connectivity index (χ0) is 11.4. The van der Waals surface area contributed by atoms with Crippen LogP contribution >= 0.6 is 23.2 Å². The fraction of sp³-hybridized carbons (Fsp3) is 0.500. The monoisotopic (exact) mass is 246 g/mol. The van der Waals surface area contributed by atoms with Gasteiger partial charge in [0.2, 0.25) is 0 Å². The van der Waals surface area contributed by atoms with Crippen molar-refractivity contribution in [2.45, 2.75) is 32.8 Å². The zero-order valence-corrected chi connectivity index (χ0v) is 10.5. The normalized spacial score (nSPS) is 13.2. The molecule has 0 aliphatic heterocycles. The van der Waals surface area contributed by atoms with Crippen LogP contribution in [0.2, 0.25) is 10.0 Å². The van der Waals surface area contributed by atoms with Gasteiger partial charge in [0.25, 0.3) is 0 Å². The number of aliphatic hydroxyl groups excluding tert-OH is 1. The van der Waals surface area contributed by atoms with Gasteiger partial charge in [-0.1, -0.05) is 37.0 Å². The van der Waals surface area contributed by atoms with Gasteiger partial charge in [0.15, 0.2) is 0 Å². The number of hydrogen-bond acceptors (Lipinski definition) is 1. The number of aryl methyl sites for hydroxylation is 1. The van der Waals surface area contributed by atoms with Crippen LogP contribution in [-0.4, -0.2) is 11.2 Å². The van der Waals surface area contributed by atoms with Crippen molar-refractivity contribution in [1.82, 2.24) is 0 Å². The van der Waals surface area contributed by atoms with Gasteiger partial charge in [-0.25, -0.2) is 0 Å². The summed E-state index contributed by atoms with van der Waals surface area (Å²) in [5.41, 5.74) is 1.00. The average molecular weight is 247 g/mol. The second-order valence-electron chi connectivity index (χ2n) is 4.09. The Kier molecular flexibility index (Phi) is 4.91. The molecule has 84 valence electrons. The number of halogens is 2. The van der Waals surface area contributed by atoms with Crippen LogP contribution in [0.15, 0.2) is 18.2 Å². The first-order valence-electron chi connectivity index (χ1n) is 5.12. The molecule has 0 aliphatic rings. The predicted molar refractivity (Wildman–Crippen MR) is 65.6 cm³/mol. The summed E-state index contributed by atoms with van der Waals surface area (Å²) in [4.78, 5) is 0. The highest BCUT2D eigenvalue weighted by molar-refractivity contribution is 6.33. The summed E-state index contributed by atoms with van der Waals surface area (Å²) in [5.74, 6) is 0.281. The third-order valence-electron chi connectivity index (χ3n) is 2.49. The molecule has 0 aliphatic carbocycles. The lowest BCUT2D eigenvalue weighted by Crippen LogP contribution is -2.15. The van der Waals surface area contributed by atoms with Gasteiger partial charge in [-0.05, 0) is 42.5 Å². The number of hydrogen-bond donors (Lipinski definition) is 1. The van der Waals surface area contributed by atoms with E-state index in [4.69, 9.17) is 23.2 Å². The van der Waals surface area contributed by atoms with Crippen LogP contribution in [0, 0.1) is 5.92 Å². The molecule has 0 heterocycles. The first-order valence-corrected chi connectivity index (χ1v) is 5.88. The summed E-state index contributed by atoms with van der Waals surface area (Å²) in [7, 11) is 0. The van der Waals surface area contributed by atoms with E-state index in [1.807, 2.05) is 19.9 Å². The zero-order valence-electron chi connectivity index (χ0n) is 9.00. The largest absolute Gasteiger partial charge is 0.393 e. The van der Waals surface area contributed by atoms with Crippen LogP contribution in [0.25, 0.3) is 0 Å². The van der Waals surface area contributed by atoms with E-state index < -0.39 is 0 Å². The van der Waals surface area contributed by atoms with Gasteiger partial charge in [-0.2, -0.15) is 0 Å². The molecule has 1 unspecified atom stereocenters. The Morgan fingerprint density at radius 1 is 1.27 bits per heavy atom. The quantitative estimate of drug-likeness (QED) is 0.854. The van der Waals surface area contributed by atoms with Crippen molar-refractivity contribution >= 4 is 23.2 Å².